The average Bonchev–Trinajstić information content (AvgIpc) is 3.38. The second kappa shape index (κ2) is 7.87. The number of piperidine rings is 2. The van der Waals surface area contributed by atoms with Crippen LogP contribution in [0.1, 0.15) is 44.3 Å². The highest BCUT2D eigenvalue weighted by atomic mass is 16.3. The molecule has 26 heavy (non-hydrogen) atoms. The first-order valence-electron chi connectivity index (χ1n) is 10.2. The highest BCUT2D eigenvalue weighted by Gasteiger charge is 2.39. The summed E-state index contributed by atoms with van der Waals surface area (Å²) < 4.78 is 5.34. The Kier molecular flexibility index (Phi) is 5.34. The molecule has 0 N–H and O–H groups in total. The minimum absolute atomic E-state index is 0.290. The molecule has 0 saturated carbocycles. The highest BCUT2D eigenvalue weighted by Crippen LogP contribution is 2.41. The summed E-state index contributed by atoms with van der Waals surface area (Å²) in [6.45, 7) is 7.16. The number of amides is 2. The fraction of sp³-hybridized carbons (Fsp3) is 0.667. The highest BCUT2D eigenvalue weighted by molar-refractivity contribution is 5.74. The molecule has 3 saturated heterocycles. The van der Waals surface area contributed by atoms with Gasteiger partial charge >= 0.3 is 6.03 Å². The lowest BCUT2D eigenvalue weighted by molar-refractivity contribution is 0.0439. The van der Waals surface area contributed by atoms with Gasteiger partial charge in [0.15, 0.2) is 0 Å². The molecule has 0 unspecified atom stereocenters. The van der Waals surface area contributed by atoms with Crippen molar-refractivity contribution < 1.29 is 9.21 Å². The predicted octanol–water partition coefficient (Wildman–Crippen LogP) is 3.69. The Hall–Kier alpha value is -1.75. The van der Waals surface area contributed by atoms with Crippen LogP contribution in [-0.2, 0) is 0 Å². The molecule has 2 amide bonds. The molecule has 0 aromatic carbocycles. The summed E-state index contributed by atoms with van der Waals surface area (Å²) in [6, 6.07) is 4.20. The van der Waals surface area contributed by atoms with Crippen molar-refractivity contribution in [1.82, 2.24) is 14.7 Å². The second-order valence-corrected chi connectivity index (χ2v) is 8.18. The van der Waals surface area contributed by atoms with E-state index in [-0.39, 0.29) is 6.03 Å². The van der Waals surface area contributed by atoms with Crippen molar-refractivity contribution in [2.45, 2.75) is 38.5 Å². The zero-order valence-corrected chi connectivity index (χ0v) is 15.7. The van der Waals surface area contributed by atoms with E-state index in [1.165, 1.54) is 51.6 Å². The molecule has 3 aliphatic heterocycles. The lowest BCUT2D eigenvalue weighted by atomic mass is 9.71. The summed E-state index contributed by atoms with van der Waals surface area (Å²) >= 11 is 0. The predicted molar refractivity (Wildman–Crippen MR) is 103 cm³/mol. The number of likely N-dealkylation sites (tertiary alicyclic amines) is 3. The standard InChI is InChI=1S/C21H31N3O2/c25-20(23-12-1-2-13-23)24-16-9-21(10-17-24)7-14-22(15-8-21)11-3-5-19-6-4-18-26-19/h3-6,18H,1-2,7-17H2/b5-3+. The van der Waals surface area contributed by atoms with Gasteiger partial charge in [-0.1, -0.05) is 6.08 Å². The topological polar surface area (TPSA) is 39.9 Å². The van der Waals surface area contributed by atoms with E-state index in [2.05, 4.69) is 22.0 Å². The number of urea groups is 1. The molecule has 4 heterocycles. The maximum Gasteiger partial charge on any atom is 0.319 e. The van der Waals surface area contributed by atoms with Gasteiger partial charge in [0.2, 0.25) is 0 Å². The number of furan rings is 1. The van der Waals surface area contributed by atoms with Crippen LogP contribution < -0.4 is 0 Å². The molecule has 1 aromatic rings. The van der Waals surface area contributed by atoms with Gasteiger partial charge in [-0.3, -0.25) is 4.90 Å². The van der Waals surface area contributed by atoms with E-state index >= 15 is 0 Å². The first-order valence-corrected chi connectivity index (χ1v) is 10.2. The van der Waals surface area contributed by atoms with Crippen LogP contribution >= 0.6 is 0 Å². The summed E-state index contributed by atoms with van der Waals surface area (Å²) in [7, 11) is 0. The van der Waals surface area contributed by atoms with E-state index in [1.54, 1.807) is 6.26 Å². The quantitative estimate of drug-likeness (QED) is 0.828. The maximum atomic E-state index is 12.6. The van der Waals surface area contributed by atoms with Gasteiger partial charge in [-0.25, -0.2) is 4.79 Å². The molecule has 0 bridgehead atoms. The van der Waals surface area contributed by atoms with Crippen LogP contribution in [0, 0.1) is 5.41 Å². The Morgan fingerprint density at radius 3 is 2.31 bits per heavy atom. The van der Waals surface area contributed by atoms with Crippen molar-refractivity contribution in [3.63, 3.8) is 0 Å². The molecular formula is C21H31N3O2. The molecular weight excluding hydrogens is 326 g/mol. The van der Waals surface area contributed by atoms with Crippen LogP contribution in [0.5, 0.6) is 0 Å². The fourth-order valence-electron chi connectivity index (χ4n) is 4.69. The summed E-state index contributed by atoms with van der Waals surface area (Å²) in [4.78, 5) is 19.3. The van der Waals surface area contributed by atoms with Crippen molar-refractivity contribution in [3.8, 4) is 0 Å². The third-order valence-corrected chi connectivity index (χ3v) is 6.58. The summed E-state index contributed by atoms with van der Waals surface area (Å²) in [5, 5.41) is 0. The molecule has 0 radical (unpaired) electrons. The van der Waals surface area contributed by atoms with Gasteiger partial charge in [-0.15, -0.1) is 0 Å². The van der Waals surface area contributed by atoms with Crippen molar-refractivity contribution in [2.24, 2.45) is 5.41 Å². The zero-order chi connectivity index (χ0) is 17.8. The van der Waals surface area contributed by atoms with E-state index in [1.807, 2.05) is 17.0 Å². The van der Waals surface area contributed by atoms with Crippen molar-refractivity contribution in [3.05, 3.63) is 30.2 Å². The maximum absolute atomic E-state index is 12.6. The largest absolute Gasteiger partial charge is 0.465 e. The molecule has 5 heteroatoms. The van der Waals surface area contributed by atoms with Gasteiger partial charge in [-0.05, 0) is 75.2 Å². The van der Waals surface area contributed by atoms with E-state index in [4.69, 9.17) is 4.42 Å². The Labute approximate surface area is 156 Å². The van der Waals surface area contributed by atoms with E-state index in [0.29, 0.717) is 5.41 Å². The number of hydrogen-bond donors (Lipinski definition) is 0. The van der Waals surface area contributed by atoms with Crippen LogP contribution in [-0.4, -0.2) is 66.5 Å². The monoisotopic (exact) mass is 357 g/mol. The number of rotatable bonds is 3. The third-order valence-electron chi connectivity index (χ3n) is 6.58. The van der Waals surface area contributed by atoms with Crippen LogP contribution in [0.2, 0.25) is 0 Å². The minimum atomic E-state index is 0.290. The van der Waals surface area contributed by atoms with E-state index in [9.17, 15) is 4.79 Å². The van der Waals surface area contributed by atoms with Crippen LogP contribution in [0.25, 0.3) is 6.08 Å². The Bertz CT molecular complexity index is 601. The summed E-state index contributed by atoms with van der Waals surface area (Å²) in [6.07, 6.45) is 13.2. The molecule has 1 aromatic heterocycles. The van der Waals surface area contributed by atoms with E-state index < -0.39 is 0 Å². The normalized spacial score (nSPS) is 24.0. The second-order valence-electron chi connectivity index (χ2n) is 8.18. The molecule has 3 aliphatic rings. The summed E-state index contributed by atoms with van der Waals surface area (Å²) in [5.41, 5.74) is 0.475. The third kappa shape index (κ3) is 3.98. The molecule has 1 spiro atoms. The van der Waals surface area contributed by atoms with E-state index in [0.717, 1.165) is 38.5 Å². The Morgan fingerprint density at radius 2 is 1.65 bits per heavy atom. The van der Waals surface area contributed by atoms with Crippen LogP contribution in [0.4, 0.5) is 4.79 Å². The van der Waals surface area contributed by atoms with Gasteiger partial charge in [-0.2, -0.15) is 0 Å². The SMILES string of the molecule is O=C(N1CCCC1)N1CCC2(CCN(C/C=C/c3ccco3)CC2)CC1. The smallest absolute Gasteiger partial charge is 0.319 e. The fourth-order valence-corrected chi connectivity index (χ4v) is 4.69. The number of carbonyl (C=O) groups excluding carboxylic acids is 1. The number of hydrogen-bond acceptors (Lipinski definition) is 3. The minimum Gasteiger partial charge on any atom is -0.465 e. The molecule has 4 rings (SSSR count). The molecule has 3 fully saturated rings. The first kappa shape index (κ1) is 17.7. The zero-order valence-electron chi connectivity index (χ0n) is 15.7. The average molecular weight is 357 g/mol. The van der Waals surface area contributed by atoms with Gasteiger partial charge < -0.3 is 14.2 Å². The van der Waals surface area contributed by atoms with Gasteiger partial charge in [0.1, 0.15) is 5.76 Å². The number of carbonyl (C=O) groups is 1. The van der Waals surface area contributed by atoms with Gasteiger partial charge in [0.25, 0.3) is 0 Å². The first-order chi connectivity index (χ1) is 12.7. The van der Waals surface area contributed by atoms with Gasteiger partial charge in [0.05, 0.1) is 6.26 Å². The Balaban J connectivity index is 1.21. The number of nitrogens with zero attached hydrogens (tertiary/aromatic N) is 3. The summed E-state index contributed by atoms with van der Waals surface area (Å²) in [5.74, 6) is 0.925. The lowest BCUT2D eigenvalue weighted by Gasteiger charge is -2.47. The van der Waals surface area contributed by atoms with Crippen molar-refractivity contribution in [1.29, 1.82) is 0 Å². The molecule has 0 atom stereocenters. The van der Waals surface area contributed by atoms with Crippen LogP contribution in [0.3, 0.4) is 0 Å². The van der Waals surface area contributed by atoms with Crippen molar-refractivity contribution in [2.75, 3.05) is 45.8 Å². The van der Waals surface area contributed by atoms with Crippen molar-refractivity contribution >= 4 is 12.1 Å². The molecule has 142 valence electrons. The molecule has 0 aliphatic carbocycles. The lowest BCUT2D eigenvalue weighted by Crippen LogP contribution is -2.51. The molecule has 5 nitrogen and oxygen atoms in total. The van der Waals surface area contributed by atoms with Gasteiger partial charge in [0, 0.05) is 32.7 Å². The van der Waals surface area contributed by atoms with Crippen LogP contribution in [0.15, 0.2) is 28.9 Å². The Morgan fingerprint density at radius 1 is 1.00 bits per heavy atom.